The molecular formula is C17H23N2. The smallest absolute Gasteiger partial charge is 0.0991 e. The molecule has 2 nitrogen and oxygen atoms in total. The second-order valence-corrected chi connectivity index (χ2v) is 5.70. The van der Waals surface area contributed by atoms with E-state index in [0.29, 0.717) is 12.0 Å². The average Bonchev–Trinajstić information content (AvgIpc) is 2.46. The Bertz CT molecular complexity index is 463. The molecule has 1 heterocycles. The predicted octanol–water partition coefficient (Wildman–Crippen LogP) is 3.51. The minimum Gasteiger partial charge on any atom is -0.301 e. The van der Waals surface area contributed by atoms with Crippen LogP contribution in [0.25, 0.3) is 0 Å². The first-order valence-electron chi connectivity index (χ1n) is 7.34. The molecule has 1 saturated heterocycles. The lowest BCUT2D eigenvalue weighted by Gasteiger charge is -2.35. The van der Waals surface area contributed by atoms with E-state index in [9.17, 15) is 0 Å². The van der Waals surface area contributed by atoms with Gasteiger partial charge in [0.1, 0.15) is 0 Å². The summed E-state index contributed by atoms with van der Waals surface area (Å²) in [5, 5.41) is 8.98. The molecule has 0 amide bonds. The minimum atomic E-state index is 0.623. The molecule has 0 bridgehead atoms. The van der Waals surface area contributed by atoms with Crippen LogP contribution in [0.5, 0.6) is 0 Å². The first kappa shape index (κ1) is 14.1. The Morgan fingerprint density at radius 1 is 1.42 bits per heavy atom. The summed E-state index contributed by atoms with van der Waals surface area (Å²) in [6.07, 6.45) is 3.42. The number of hydrogen-bond acceptors (Lipinski definition) is 2. The summed E-state index contributed by atoms with van der Waals surface area (Å²) in [6.45, 7) is 9.06. The number of aryl methyl sites for hydroxylation is 1. The lowest BCUT2D eigenvalue weighted by atomic mass is 9.85. The lowest BCUT2D eigenvalue weighted by molar-refractivity contribution is 0.171. The standard InChI is InChI=1S/C17H23N2/c1-4-15-11-14(12-18)5-6-17(15)16-7-9-19(10-8-16)13(2)3/h5,11,13,16H,4,7-10H2,1-3H3. The van der Waals surface area contributed by atoms with Crippen molar-refractivity contribution >= 4 is 0 Å². The van der Waals surface area contributed by atoms with Crippen LogP contribution in [0.4, 0.5) is 0 Å². The molecule has 1 fully saturated rings. The van der Waals surface area contributed by atoms with Gasteiger partial charge < -0.3 is 4.90 Å². The van der Waals surface area contributed by atoms with Crippen LogP contribution in [0.15, 0.2) is 12.1 Å². The number of nitrogens with zero attached hydrogens (tertiary/aromatic N) is 2. The van der Waals surface area contributed by atoms with Gasteiger partial charge in [0.05, 0.1) is 11.6 Å². The lowest BCUT2D eigenvalue weighted by Crippen LogP contribution is -2.38. The SMILES string of the molecule is CCc1cc(C#N)c[c]c1C1CCN(C(C)C)CC1. The third-order valence-corrected chi connectivity index (χ3v) is 4.24. The molecule has 0 saturated carbocycles. The Morgan fingerprint density at radius 2 is 2.11 bits per heavy atom. The topological polar surface area (TPSA) is 27.0 Å². The van der Waals surface area contributed by atoms with Gasteiger partial charge in [0, 0.05) is 6.04 Å². The summed E-state index contributed by atoms with van der Waals surface area (Å²) in [4.78, 5) is 2.55. The van der Waals surface area contributed by atoms with Crippen LogP contribution in [-0.4, -0.2) is 24.0 Å². The van der Waals surface area contributed by atoms with Crippen molar-refractivity contribution in [3.05, 3.63) is 34.9 Å². The summed E-state index contributed by atoms with van der Waals surface area (Å²) in [6, 6.07) is 10.1. The van der Waals surface area contributed by atoms with E-state index in [1.165, 1.54) is 37.1 Å². The largest absolute Gasteiger partial charge is 0.301 e. The summed E-state index contributed by atoms with van der Waals surface area (Å²) in [5.41, 5.74) is 3.40. The van der Waals surface area contributed by atoms with Gasteiger partial charge in [-0.3, -0.25) is 0 Å². The molecule has 2 heteroatoms. The molecule has 0 atom stereocenters. The maximum absolute atomic E-state index is 8.98. The van der Waals surface area contributed by atoms with Crippen LogP contribution in [0.3, 0.4) is 0 Å². The average molecular weight is 255 g/mol. The van der Waals surface area contributed by atoms with Crippen LogP contribution in [0.2, 0.25) is 0 Å². The van der Waals surface area contributed by atoms with Gasteiger partial charge >= 0.3 is 0 Å². The first-order chi connectivity index (χ1) is 9.15. The molecule has 1 radical (unpaired) electrons. The van der Waals surface area contributed by atoms with Gasteiger partial charge in [-0.1, -0.05) is 6.92 Å². The second kappa shape index (κ2) is 6.21. The molecule has 101 valence electrons. The van der Waals surface area contributed by atoms with Crippen LogP contribution >= 0.6 is 0 Å². The Morgan fingerprint density at radius 3 is 2.63 bits per heavy atom. The van der Waals surface area contributed by atoms with E-state index in [1.54, 1.807) is 0 Å². The third kappa shape index (κ3) is 3.16. The van der Waals surface area contributed by atoms with Gasteiger partial charge in [-0.2, -0.15) is 5.26 Å². The second-order valence-electron chi connectivity index (χ2n) is 5.70. The zero-order valence-corrected chi connectivity index (χ0v) is 12.2. The number of likely N-dealkylation sites (tertiary alicyclic amines) is 1. The number of nitriles is 1. The molecule has 1 aromatic rings. The first-order valence-corrected chi connectivity index (χ1v) is 7.34. The monoisotopic (exact) mass is 255 g/mol. The summed E-state index contributed by atoms with van der Waals surface area (Å²) >= 11 is 0. The zero-order valence-electron chi connectivity index (χ0n) is 12.2. The maximum Gasteiger partial charge on any atom is 0.0991 e. The van der Waals surface area contributed by atoms with Gasteiger partial charge in [0.2, 0.25) is 0 Å². The Hall–Kier alpha value is -1.33. The van der Waals surface area contributed by atoms with Gasteiger partial charge in [-0.15, -0.1) is 0 Å². The van der Waals surface area contributed by atoms with Gasteiger partial charge in [0.15, 0.2) is 0 Å². The van der Waals surface area contributed by atoms with E-state index in [0.717, 1.165) is 12.0 Å². The molecule has 1 aliphatic rings. The number of hydrogen-bond donors (Lipinski definition) is 0. The molecule has 0 N–H and O–H groups in total. The highest BCUT2D eigenvalue weighted by molar-refractivity contribution is 5.39. The van der Waals surface area contributed by atoms with Crippen molar-refractivity contribution < 1.29 is 0 Å². The highest BCUT2D eigenvalue weighted by Gasteiger charge is 2.23. The number of piperidine rings is 1. The fourth-order valence-corrected chi connectivity index (χ4v) is 3.00. The Labute approximate surface area is 117 Å². The quantitative estimate of drug-likeness (QED) is 0.826. The molecule has 0 aromatic heterocycles. The molecule has 2 rings (SSSR count). The molecule has 0 spiro atoms. The highest BCUT2D eigenvalue weighted by atomic mass is 15.1. The van der Waals surface area contributed by atoms with Crippen LogP contribution in [0, 0.1) is 17.4 Å². The third-order valence-electron chi connectivity index (χ3n) is 4.24. The van der Waals surface area contributed by atoms with Gasteiger partial charge in [-0.25, -0.2) is 0 Å². The van der Waals surface area contributed by atoms with E-state index >= 15 is 0 Å². The molecule has 0 unspecified atom stereocenters. The fourth-order valence-electron chi connectivity index (χ4n) is 3.00. The highest BCUT2D eigenvalue weighted by Crippen LogP contribution is 2.31. The Balaban J connectivity index is 2.13. The van der Waals surface area contributed by atoms with Crippen molar-refractivity contribution in [2.45, 2.75) is 52.0 Å². The van der Waals surface area contributed by atoms with E-state index in [1.807, 2.05) is 12.1 Å². The van der Waals surface area contributed by atoms with E-state index in [4.69, 9.17) is 5.26 Å². The minimum absolute atomic E-state index is 0.623. The molecular weight excluding hydrogens is 232 g/mol. The molecule has 0 aliphatic carbocycles. The fraction of sp³-hybridized carbons (Fsp3) is 0.588. The normalized spacial score (nSPS) is 17.6. The molecule has 19 heavy (non-hydrogen) atoms. The van der Waals surface area contributed by atoms with Crippen molar-refractivity contribution in [2.24, 2.45) is 0 Å². The van der Waals surface area contributed by atoms with Gasteiger partial charge in [0.25, 0.3) is 0 Å². The van der Waals surface area contributed by atoms with Gasteiger partial charge in [-0.05, 0) is 81.4 Å². The van der Waals surface area contributed by atoms with Crippen LogP contribution < -0.4 is 0 Å². The molecule has 1 aromatic carbocycles. The predicted molar refractivity (Wildman–Crippen MR) is 78.1 cm³/mol. The zero-order chi connectivity index (χ0) is 13.8. The number of benzene rings is 1. The van der Waals surface area contributed by atoms with Crippen LogP contribution in [-0.2, 0) is 6.42 Å². The van der Waals surface area contributed by atoms with E-state index in [-0.39, 0.29) is 0 Å². The van der Waals surface area contributed by atoms with Crippen molar-refractivity contribution in [1.29, 1.82) is 5.26 Å². The van der Waals surface area contributed by atoms with Crippen molar-refractivity contribution in [3.63, 3.8) is 0 Å². The summed E-state index contributed by atoms with van der Waals surface area (Å²) < 4.78 is 0. The van der Waals surface area contributed by atoms with Crippen molar-refractivity contribution in [3.8, 4) is 6.07 Å². The maximum atomic E-state index is 8.98. The van der Waals surface area contributed by atoms with E-state index in [2.05, 4.69) is 37.8 Å². The van der Waals surface area contributed by atoms with Crippen LogP contribution in [0.1, 0.15) is 56.2 Å². The Kier molecular flexibility index (Phi) is 4.61. The van der Waals surface area contributed by atoms with Crippen molar-refractivity contribution in [2.75, 3.05) is 13.1 Å². The summed E-state index contributed by atoms with van der Waals surface area (Å²) in [7, 11) is 0. The van der Waals surface area contributed by atoms with E-state index < -0.39 is 0 Å². The van der Waals surface area contributed by atoms with Crippen molar-refractivity contribution in [1.82, 2.24) is 4.90 Å². The molecule has 1 aliphatic heterocycles. The summed E-state index contributed by atoms with van der Waals surface area (Å²) in [5.74, 6) is 0.623. The number of rotatable bonds is 3.